The number of carbonyl (C=O) groups excluding carboxylic acids is 1. The number of benzene rings is 1. The molecule has 0 aliphatic carbocycles. The van der Waals surface area contributed by atoms with Crippen LogP contribution in [0.3, 0.4) is 0 Å². The first-order valence-electron chi connectivity index (χ1n) is 9.64. The number of aromatic nitrogens is 4. The molecule has 29 heavy (non-hydrogen) atoms. The number of hydrogen-bond acceptors (Lipinski definition) is 5. The van der Waals surface area contributed by atoms with E-state index in [1.807, 2.05) is 47.0 Å². The van der Waals surface area contributed by atoms with Gasteiger partial charge in [0.05, 0.1) is 5.52 Å². The van der Waals surface area contributed by atoms with E-state index in [0.717, 1.165) is 16.8 Å². The molecule has 4 rings (SSSR count). The van der Waals surface area contributed by atoms with Crippen molar-refractivity contribution in [3.63, 3.8) is 0 Å². The molecule has 1 aromatic carbocycles. The third kappa shape index (κ3) is 3.80. The van der Waals surface area contributed by atoms with Crippen LogP contribution in [0.1, 0.15) is 31.7 Å². The topological polar surface area (TPSA) is 81.3 Å². The van der Waals surface area contributed by atoms with Gasteiger partial charge in [-0.05, 0) is 36.4 Å². The number of hydrogen-bond donors (Lipinski definition) is 1. The molecule has 3 heterocycles. The Morgan fingerprint density at radius 2 is 1.93 bits per heavy atom. The lowest BCUT2D eigenvalue weighted by Gasteiger charge is -2.11. The highest BCUT2D eigenvalue weighted by atomic mass is 32.1. The number of rotatable bonds is 6. The van der Waals surface area contributed by atoms with Crippen molar-refractivity contribution in [2.24, 2.45) is 5.92 Å². The molecule has 0 unspecified atom stereocenters. The van der Waals surface area contributed by atoms with Crippen LogP contribution in [-0.2, 0) is 17.8 Å². The van der Waals surface area contributed by atoms with Gasteiger partial charge in [-0.15, -0.1) is 21.5 Å². The summed E-state index contributed by atoms with van der Waals surface area (Å²) in [7, 11) is 0. The predicted octanol–water partition coefficient (Wildman–Crippen LogP) is 3.64. The first-order valence-corrected chi connectivity index (χ1v) is 10.5. The normalized spacial score (nSPS) is 11.6. The zero-order valence-electron chi connectivity index (χ0n) is 16.7. The SMILES string of the molecule is Cc1ccc(NC(=O)CCc2nnc3n(CC(C)C)c(=O)c4sccc4n23)cc1. The van der Waals surface area contributed by atoms with Gasteiger partial charge in [-0.3, -0.25) is 18.6 Å². The van der Waals surface area contributed by atoms with Gasteiger partial charge in [0.25, 0.3) is 5.56 Å². The minimum absolute atomic E-state index is 0.0349. The van der Waals surface area contributed by atoms with Gasteiger partial charge in [-0.2, -0.15) is 0 Å². The van der Waals surface area contributed by atoms with Crippen LogP contribution in [0.4, 0.5) is 5.69 Å². The van der Waals surface area contributed by atoms with Gasteiger partial charge in [0.1, 0.15) is 10.5 Å². The van der Waals surface area contributed by atoms with Crippen LogP contribution in [0.25, 0.3) is 16.0 Å². The summed E-state index contributed by atoms with van der Waals surface area (Å²) in [5, 5.41) is 13.4. The van der Waals surface area contributed by atoms with Gasteiger partial charge < -0.3 is 5.32 Å². The fourth-order valence-corrected chi connectivity index (χ4v) is 4.18. The molecule has 0 radical (unpaired) electrons. The number of thiophene rings is 1. The minimum Gasteiger partial charge on any atom is -0.326 e. The van der Waals surface area contributed by atoms with E-state index in [1.54, 1.807) is 4.57 Å². The highest BCUT2D eigenvalue weighted by molar-refractivity contribution is 7.17. The number of carbonyl (C=O) groups is 1. The third-order valence-electron chi connectivity index (χ3n) is 4.74. The van der Waals surface area contributed by atoms with E-state index >= 15 is 0 Å². The molecule has 0 fully saturated rings. The molecule has 1 amide bonds. The first kappa shape index (κ1) is 19.3. The highest BCUT2D eigenvalue weighted by Gasteiger charge is 2.18. The summed E-state index contributed by atoms with van der Waals surface area (Å²) in [5.41, 5.74) is 2.68. The average Bonchev–Trinajstić information content (AvgIpc) is 3.32. The summed E-state index contributed by atoms with van der Waals surface area (Å²) < 4.78 is 4.28. The molecule has 0 bridgehead atoms. The molecule has 4 aromatic rings. The van der Waals surface area contributed by atoms with Crippen molar-refractivity contribution < 1.29 is 4.79 Å². The van der Waals surface area contributed by atoms with Crippen molar-refractivity contribution >= 4 is 38.9 Å². The largest absolute Gasteiger partial charge is 0.326 e. The lowest BCUT2D eigenvalue weighted by atomic mass is 10.2. The molecular formula is C21H23N5O2S. The molecule has 0 aliphatic heterocycles. The van der Waals surface area contributed by atoms with Gasteiger partial charge in [-0.1, -0.05) is 31.5 Å². The Kier molecular flexibility index (Phi) is 5.19. The predicted molar refractivity (Wildman–Crippen MR) is 116 cm³/mol. The van der Waals surface area contributed by atoms with E-state index in [9.17, 15) is 9.59 Å². The molecule has 0 aliphatic rings. The molecule has 0 saturated carbocycles. The van der Waals surface area contributed by atoms with Crippen LogP contribution in [-0.4, -0.2) is 25.1 Å². The Balaban J connectivity index is 1.63. The molecule has 0 saturated heterocycles. The maximum absolute atomic E-state index is 12.9. The van der Waals surface area contributed by atoms with Crippen LogP contribution in [0.15, 0.2) is 40.5 Å². The molecular weight excluding hydrogens is 386 g/mol. The van der Waals surface area contributed by atoms with E-state index in [4.69, 9.17) is 0 Å². The summed E-state index contributed by atoms with van der Waals surface area (Å²) in [6.07, 6.45) is 0.716. The number of amides is 1. The van der Waals surface area contributed by atoms with Gasteiger partial charge in [0.2, 0.25) is 11.7 Å². The van der Waals surface area contributed by atoms with Crippen molar-refractivity contribution in [2.75, 3.05) is 5.32 Å². The van der Waals surface area contributed by atoms with Gasteiger partial charge >= 0.3 is 0 Å². The van der Waals surface area contributed by atoms with Crippen molar-refractivity contribution in [2.45, 2.75) is 40.2 Å². The zero-order chi connectivity index (χ0) is 20.5. The van der Waals surface area contributed by atoms with Gasteiger partial charge in [0.15, 0.2) is 0 Å². The molecule has 1 N–H and O–H groups in total. The monoisotopic (exact) mass is 409 g/mol. The van der Waals surface area contributed by atoms with E-state index < -0.39 is 0 Å². The number of fused-ring (bicyclic) bond motifs is 3. The summed E-state index contributed by atoms with van der Waals surface area (Å²) in [6.45, 7) is 6.71. The number of anilines is 1. The Morgan fingerprint density at radius 1 is 1.17 bits per heavy atom. The van der Waals surface area contributed by atoms with Crippen molar-refractivity contribution in [1.29, 1.82) is 0 Å². The maximum Gasteiger partial charge on any atom is 0.272 e. The summed E-state index contributed by atoms with van der Waals surface area (Å²) >= 11 is 1.42. The maximum atomic E-state index is 12.9. The lowest BCUT2D eigenvalue weighted by molar-refractivity contribution is -0.116. The molecule has 8 heteroatoms. The number of nitrogens with one attached hydrogen (secondary N) is 1. The van der Waals surface area contributed by atoms with Crippen LogP contribution in [0, 0.1) is 12.8 Å². The van der Waals surface area contributed by atoms with E-state index in [0.29, 0.717) is 35.2 Å². The highest BCUT2D eigenvalue weighted by Crippen LogP contribution is 2.21. The number of aryl methyl sites for hydroxylation is 2. The van der Waals surface area contributed by atoms with Crippen molar-refractivity contribution in [3.05, 3.63) is 57.5 Å². The van der Waals surface area contributed by atoms with Crippen LogP contribution >= 0.6 is 11.3 Å². The smallest absolute Gasteiger partial charge is 0.272 e. The van der Waals surface area contributed by atoms with Crippen molar-refractivity contribution in [1.82, 2.24) is 19.2 Å². The van der Waals surface area contributed by atoms with E-state index in [-0.39, 0.29) is 17.9 Å². The Morgan fingerprint density at radius 3 is 2.66 bits per heavy atom. The molecule has 0 atom stereocenters. The van der Waals surface area contributed by atoms with Gasteiger partial charge in [0, 0.05) is 25.1 Å². The molecule has 3 aromatic heterocycles. The number of nitrogens with zero attached hydrogens (tertiary/aromatic N) is 4. The fraction of sp³-hybridized carbons (Fsp3) is 0.333. The van der Waals surface area contributed by atoms with Crippen LogP contribution in [0.2, 0.25) is 0 Å². The molecule has 0 spiro atoms. The second kappa shape index (κ2) is 7.79. The summed E-state index contributed by atoms with van der Waals surface area (Å²) in [5.74, 6) is 1.43. The third-order valence-corrected chi connectivity index (χ3v) is 5.63. The molecule has 7 nitrogen and oxygen atoms in total. The first-order chi connectivity index (χ1) is 13.9. The quantitative estimate of drug-likeness (QED) is 0.527. The Hall–Kier alpha value is -3.00. The average molecular weight is 410 g/mol. The summed E-state index contributed by atoms with van der Waals surface area (Å²) in [6, 6.07) is 9.61. The Labute approximate surface area is 172 Å². The fourth-order valence-electron chi connectivity index (χ4n) is 3.36. The van der Waals surface area contributed by atoms with E-state index in [2.05, 4.69) is 29.4 Å². The zero-order valence-corrected chi connectivity index (χ0v) is 17.5. The van der Waals surface area contributed by atoms with Crippen LogP contribution < -0.4 is 10.9 Å². The second-order valence-corrected chi connectivity index (χ2v) is 8.53. The van der Waals surface area contributed by atoms with Crippen molar-refractivity contribution in [3.8, 4) is 0 Å². The summed E-state index contributed by atoms with van der Waals surface area (Å²) in [4.78, 5) is 25.3. The second-order valence-electron chi connectivity index (χ2n) is 7.61. The lowest BCUT2D eigenvalue weighted by Crippen LogP contribution is -2.24. The van der Waals surface area contributed by atoms with Gasteiger partial charge in [-0.25, -0.2) is 0 Å². The standard InChI is InChI=1S/C21H23N5O2S/c1-13(2)12-25-20(28)19-16(10-11-29-19)26-17(23-24-21(25)26)8-9-18(27)22-15-6-4-14(3)5-7-15/h4-7,10-11,13H,8-9,12H2,1-3H3,(H,22,27). The Bertz CT molecular complexity index is 1230. The minimum atomic E-state index is -0.0809. The van der Waals surface area contributed by atoms with Crippen LogP contribution in [0.5, 0.6) is 0 Å². The molecule has 150 valence electrons. The van der Waals surface area contributed by atoms with E-state index in [1.165, 1.54) is 11.3 Å².